The summed E-state index contributed by atoms with van der Waals surface area (Å²) in [6, 6.07) is 6.41. The highest BCUT2D eigenvalue weighted by atomic mass is 16.5. The highest BCUT2D eigenvalue weighted by Gasteiger charge is 2.64. The Labute approximate surface area is 149 Å². The number of rotatable bonds is 3. The van der Waals surface area contributed by atoms with Gasteiger partial charge in [0, 0.05) is 30.8 Å². The van der Waals surface area contributed by atoms with Gasteiger partial charge in [-0.3, -0.25) is 9.69 Å². The summed E-state index contributed by atoms with van der Waals surface area (Å²) in [5.41, 5.74) is 1.26. The molecule has 2 unspecified atom stereocenters. The van der Waals surface area contributed by atoms with Gasteiger partial charge in [0.1, 0.15) is 11.5 Å². The minimum atomic E-state index is -0.784. The van der Waals surface area contributed by atoms with E-state index in [1.807, 2.05) is 6.07 Å². The van der Waals surface area contributed by atoms with Crippen molar-refractivity contribution >= 4 is 5.78 Å². The van der Waals surface area contributed by atoms with Crippen LogP contribution >= 0.6 is 0 Å². The van der Waals surface area contributed by atoms with E-state index in [2.05, 4.69) is 17.0 Å². The molecule has 0 amide bonds. The van der Waals surface area contributed by atoms with Crippen LogP contribution in [0.3, 0.4) is 0 Å². The number of methoxy groups -OCH3 is 1. The number of hydrogen-bond acceptors (Lipinski definition) is 4. The molecule has 1 N–H and O–H groups in total. The maximum atomic E-state index is 12.4. The van der Waals surface area contributed by atoms with Crippen LogP contribution in [0, 0.1) is 5.92 Å². The molecule has 1 aromatic rings. The molecule has 2 bridgehead atoms. The van der Waals surface area contributed by atoms with Crippen LogP contribution in [0.5, 0.6) is 5.75 Å². The van der Waals surface area contributed by atoms with Crippen LogP contribution in [0.2, 0.25) is 0 Å². The Morgan fingerprint density at radius 3 is 2.92 bits per heavy atom. The molecule has 4 aliphatic rings. The Morgan fingerprint density at radius 2 is 2.16 bits per heavy atom. The van der Waals surface area contributed by atoms with Gasteiger partial charge in [-0.1, -0.05) is 6.07 Å². The lowest BCUT2D eigenvalue weighted by Crippen LogP contribution is -2.73. The van der Waals surface area contributed by atoms with Crippen molar-refractivity contribution in [1.29, 1.82) is 0 Å². The average molecular weight is 341 g/mol. The zero-order valence-electron chi connectivity index (χ0n) is 15.0. The molecule has 0 spiro atoms. The number of Topliss-reactive ketones (excluding diaryl/α,β-unsaturated/α-hetero) is 1. The lowest BCUT2D eigenvalue weighted by Gasteiger charge is -2.63. The first-order chi connectivity index (χ1) is 12.1. The number of ketones is 1. The third-order valence-electron chi connectivity index (χ3n) is 7.37. The molecule has 3 fully saturated rings. The normalized spacial score (nSPS) is 37.4. The van der Waals surface area contributed by atoms with Gasteiger partial charge in [0.05, 0.1) is 12.7 Å². The Bertz CT molecular complexity index is 728. The minimum absolute atomic E-state index is 0.149. The maximum Gasteiger partial charge on any atom is 0.134 e. The predicted octanol–water partition coefficient (Wildman–Crippen LogP) is 2.46. The van der Waals surface area contributed by atoms with Gasteiger partial charge in [0.25, 0.3) is 0 Å². The molecule has 1 aliphatic heterocycles. The quantitative estimate of drug-likeness (QED) is 0.917. The lowest BCUT2D eigenvalue weighted by molar-refractivity contribution is -0.173. The van der Waals surface area contributed by atoms with Crippen molar-refractivity contribution in [2.24, 2.45) is 5.92 Å². The Balaban J connectivity index is 1.64. The van der Waals surface area contributed by atoms with Crippen molar-refractivity contribution in [2.45, 2.75) is 62.0 Å². The Hall–Kier alpha value is -1.39. The third-order valence-corrected chi connectivity index (χ3v) is 7.37. The van der Waals surface area contributed by atoms with Gasteiger partial charge >= 0.3 is 0 Å². The lowest BCUT2D eigenvalue weighted by atomic mass is 9.49. The summed E-state index contributed by atoms with van der Waals surface area (Å²) in [6.45, 7) is 2.11. The van der Waals surface area contributed by atoms with Crippen molar-refractivity contribution < 1.29 is 14.6 Å². The van der Waals surface area contributed by atoms with Crippen molar-refractivity contribution in [2.75, 3.05) is 20.2 Å². The van der Waals surface area contributed by atoms with Crippen LogP contribution in [0.1, 0.15) is 49.7 Å². The third kappa shape index (κ3) is 2.16. The van der Waals surface area contributed by atoms with Gasteiger partial charge in [0.2, 0.25) is 0 Å². The minimum Gasteiger partial charge on any atom is -0.497 e. The van der Waals surface area contributed by atoms with E-state index in [1.165, 1.54) is 24.0 Å². The molecule has 5 rings (SSSR count). The Morgan fingerprint density at radius 1 is 1.32 bits per heavy atom. The van der Waals surface area contributed by atoms with Crippen molar-refractivity contribution in [1.82, 2.24) is 4.90 Å². The number of fused-ring (bicyclic) bond motifs is 1. The molecule has 1 saturated heterocycles. The monoisotopic (exact) mass is 341 g/mol. The maximum absolute atomic E-state index is 12.4. The molecule has 3 aliphatic carbocycles. The SMILES string of the molecule is COc1ccc2c(c1)C13CCN(CC4CC4)C(C2)[C@]1(O)CCC(=O)C3. The van der Waals surface area contributed by atoms with Crippen LogP contribution in [-0.2, 0) is 16.6 Å². The van der Waals surface area contributed by atoms with Crippen LogP contribution in [0.15, 0.2) is 18.2 Å². The van der Waals surface area contributed by atoms with Gasteiger partial charge in [-0.15, -0.1) is 0 Å². The van der Waals surface area contributed by atoms with E-state index in [-0.39, 0.29) is 6.04 Å². The van der Waals surface area contributed by atoms with Crippen LogP contribution in [0.25, 0.3) is 0 Å². The molecule has 2 saturated carbocycles. The Kier molecular flexibility index (Phi) is 3.36. The fraction of sp³-hybridized carbons (Fsp3) is 0.667. The number of likely N-dealkylation sites (tertiary alicyclic amines) is 1. The first-order valence-corrected chi connectivity index (χ1v) is 9.71. The molecule has 3 atom stereocenters. The second kappa shape index (κ2) is 5.31. The fourth-order valence-electron chi connectivity index (χ4n) is 5.86. The van der Waals surface area contributed by atoms with E-state index in [4.69, 9.17) is 4.74 Å². The summed E-state index contributed by atoms with van der Waals surface area (Å²) >= 11 is 0. The van der Waals surface area contributed by atoms with E-state index >= 15 is 0 Å². The highest BCUT2D eigenvalue weighted by molar-refractivity contribution is 5.82. The number of carbonyl (C=O) groups is 1. The highest BCUT2D eigenvalue weighted by Crippen LogP contribution is 2.58. The van der Waals surface area contributed by atoms with Crippen molar-refractivity contribution in [3.05, 3.63) is 29.3 Å². The van der Waals surface area contributed by atoms with E-state index < -0.39 is 11.0 Å². The second-order valence-electron chi connectivity index (χ2n) is 8.65. The number of piperidine rings is 1. The molecule has 0 radical (unpaired) electrons. The molecule has 1 heterocycles. The van der Waals surface area contributed by atoms with Gasteiger partial charge in [0.15, 0.2) is 0 Å². The topological polar surface area (TPSA) is 49.8 Å². The first-order valence-electron chi connectivity index (χ1n) is 9.71. The predicted molar refractivity (Wildman–Crippen MR) is 94.9 cm³/mol. The van der Waals surface area contributed by atoms with Crippen LogP contribution < -0.4 is 4.74 Å². The zero-order valence-corrected chi connectivity index (χ0v) is 15.0. The van der Waals surface area contributed by atoms with Crippen molar-refractivity contribution in [3.8, 4) is 5.75 Å². The molecular formula is C21H27NO3. The van der Waals surface area contributed by atoms with E-state index in [1.54, 1.807) is 7.11 Å². The number of benzene rings is 1. The van der Waals surface area contributed by atoms with Gasteiger partial charge in [-0.05, 0) is 67.8 Å². The zero-order chi connectivity index (χ0) is 17.2. The molecule has 1 aromatic carbocycles. The number of nitrogens with zero attached hydrogens (tertiary/aromatic N) is 1. The fourth-order valence-corrected chi connectivity index (χ4v) is 5.86. The molecule has 25 heavy (non-hydrogen) atoms. The van der Waals surface area contributed by atoms with Crippen molar-refractivity contribution in [3.63, 3.8) is 0 Å². The summed E-state index contributed by atoms with van der Waals surface area (Å²) in [6.07, 6.45) is 6.03. The first kappa shape index (κ1) is 15.8. The summed E-state index contributed by atoms with van der Waals surface area (Å²) in [7, 11) is 1.68. The summed E-state index contributed by atoms with van der Waals surface area (Å²) < 4.78 is 5.46. The summed E-state index contributed by atoms with van der Waals surface area (Å²) in [4.78, 5) is 15.0. The van der Waals surface area contributed by atoms with E-state index in [0.29, 0.717) is 25.0 Å². The van der Waals surface area contributed by atoms with E-state index in [0.717, 1.165) is 37.6 Å². The number of ether oxygens (including phenoxy) is 1. The average Bonchev–Trinajstić information content (AvgIpc) is 3.42. The van der Waals surface area contributed by atoms with Gasteiger partial charge in [-0.25, -0.2) is 0 Å². The smallest absolute Gasteiger partial charge is 0.134 e. The molecule has 134 valence electrons. The summed E-state index contributed by atoms with van der Waals surface area (Å²) in [5, 5.41) is 12.0. The van der Waals surface area contributed by atoms with Gasteiger partial charge in [-0.2, -0.15) is 0 Å². The standard InChI is InChI=1S/C21H27NO3/c1-25-17-5-4-15-10-19-21(24)7-6-16(23)12-20(21,18(15)11-17)8-9-22(19)13-14-2-3-14/h4-5,11,14,19,24H,2-3,6-10,12-13H2,1H3/t19?,20?,21-/m1/s1. The van der Waals surface area contributed by atoms with Gasteiger partial charge < -0.3 is 9.84 Å². The van der Waals surface area contributed by atoms with Crippen LogP contribution in [0.4, 0.5) is 0 Å². The summed E-state index contributed by atoms with van der Waals surface area (Å²) in [5.74, 6) is 1.95. The number of aliphatic hydroxyl groups is 1. The molecular weight excluding hydrogens is 314 g/mol. The largest absolute Gasteiger partial charge is 0.497 e. The van der Waals surface area contributed by atoms with Crippen LogP contribution in [-0.4, -0.2) is 47.6 Å². The second-order valence-corrected chi connectivity index (χ2v) is 8.65. The molecule has 4 nitrogen and oxygen atoms in total. The number of carbonyl (C=O) groups excluding carboxylic acids is 1. The van der Waals surface area contributed by atoms with E-state index in [9.17, 15) is 9.90 Å². The molecule has 4 heteroatoms. The number of hydrogen-bond donors (Lipinski definition) is 1. The molecule has 0 aromatic heterocycles.